The lowest BCUT2D eigenvalue weighted by Crippen LogP contribution is -2.35. The van der Waals surface area contributed by atoms with Gasteiger partial charge in [0.2, 0.25) is 0 Å². The molecule has 160 valence electrons. The summed E-state index contributed by atoms with van der Waals surface area (Å²) in [5.74, 6) is 0.121. The number of benzene rings is 1. The van der Waals surface area contributed by atoms with Gasteiger partial charge in [-0.15, -0.1) is 11.3 Å². The Morgan fingerprint density at radius 2 is 2.10 bits per heavy atom. The molecule has 0 saturated carbocycles. The summed E-state index contributed by atoms with van der Waals surface area (Å²) in [6, 6.07) is 14.2. The maximum Gasteiger partial charge on any atom is 0.261 e. The van der Waals surface area contributed by atoms with Gasteiger partial charge in [0, 0.05) is 25.2 Å². The number of ether oxygens (including phenoxy) is 1. The molecule has 1 amide bonds. The Kier molecular flexibility index (Phi) is 6.50. The fourth-order valence-electron chi connectivity index (χ4n) is 3.57. The van der Waals surface area contributed by atoms with Crippen molar-refractivity contribution in [3.63, 3.8) is 0 Å². The number of thiophene rings is 1. The number of carbonyl (C=O) groups excluding carboxylic acids is 1. The predicted molar refractivity (Wildman–Crippen MR) is 121 cm³/mol. The third kappa shape index (κ3) is 4.71. The average molecular weight is 437 g/mol. The van der Waals surface area contributed by atoms with Crippen LogP contribution in [0.2, 0.25) is 0 Å². The molecule has 0 spiro atoms. The summed E-state index contributed by atoms with van der Waals surface area (Å²) >= 11 is 1.52. The average Bonchev–Trinajstić information content (AvgIpc) is 3.41. The first-order valence-electron chi connectivity index (χ1n) is 10.2. The van der Waals surface area contributed by atoms with E-state index in [-0.39, 0.29) is 11.7 Å². The lowest BCUT2D eigenvalue weighted by molar-refractivity contribution is 0.0957. The summed E-state index contributed by atoms with van der Waals surface area (Å²) in [4.78, 5) is 15.8. The van der Waals surface area contributed by atoms with Gasteiger partial charge in [0.05, 0.1) is 28.8 Å². The Hall–Kier alpha value is -3.35. The number of anilines is 2. The first-order valence-corrected chi connectivity index (χ1v) is 11.0. The van der Waals surface area contributed by atoms with Crippen LogP contribution in [0, 0.1) is 11.3 Å². The van der Waals surface area contributed by atoms with Crippen molar-refractivity contribution in [3.8, 4) is 17.2 Å². The Labute approximate surface area is 184 Å². The van der Waals surface area contributed by atoms with Gasteiger partial charge in [0.1, 0.15) is 11.6 Å². The van der Waals surface area contributed by atoms with E-state index in [1.807, 2.05) is 24.3 Å². The van der Waals surface area contributed by atoms with E-state index in [4.69, 9.17) is 15.7 Å². The molecule has 3 heterocycles. The second kappa shape index (κ2) is 9.64. The fraction of sp³-hybridized carbons (Fsp3) is 0.318. The summed E-state index contributed by atoms with van der Waals surface area (Å²) in [7, 11) is 0. The maximum atomic E-state index is 12.8. The number of nitrogens with zero attached hydrogens (tertiary/aromatic N) is 3. The molecule has 4 rings (SSSR count). The van der Waals surface area contributed by atoms with Crippen molar-refractivity contribution >= 4 is 28.1 Å². The van der Waals surface area contributed by atoms with E-state index in [9.17, 15) is 4.79 Å². The molecule has 0 aliphatic carbocycles. The van der Waals surface area contributed by atoms with Gasteiger partial charge in [-0.3, -0.25) is 9.89 Å². The van der Waals surface area contributed by atoms with Crippen LogP contribution in [0.5, 0.6) is 0 Å². The molecule has 9 heteroatoms. The Morgan fingerprint density at radius 3 is 2.84 bits per heavy atom. The van der Waals surface area contributed by atoms with Crippen LogP contribution in [0.25, 0.3) is 11.1 Å². The molecular weight excluding hydrogens is 412 g/mol. The van der Waals surface area contributed by atoms with E-state index < -0.39 is 0 Å². The number of nitrogens with one attached hydrogen (secondary N) is 2. The van der Waals surface area contributed by atoms with Crippen LogP contribution in [0.4, 0.5) is 10.8 Å². The SMILES string of the molecule is N#Cc1c(N)n[nH]c1CCCNC(=O)c1cc(-c2ccccc2)c(N2CCOCC2)s1. The zero-order chi connectivity index (χ0) is 21.6. The van der Waals surface area contributed by atoms with Crippen LogP contribution < -0.4 is 16.0 Å². The number of aryl methyl sites for hydroxylation is 1. The zero-order valence-electron chi connectivity index (χ0n) is 17.1. The van der Waals surface area contributed by atoms with Gasteiger partial charge >= 0.3 is 0 Å². The van der Waals surface area contributed by atoms with Crippen LogP contribution in [0.15, 0.2) is 36.4 Å². The number of nitriles is 1. The lowest BCUT2D eigenvalue weighted by atomic mass is 10.1. The summed E-state index contributed by atoms with van der Waals surface area (Å²) < 4.78 is 5.49. The molecule has 1 saturated heterocycles. The van der Waals surface area contributed by atoms with Gasteiger partial charge in [0.25, 0.3) is 5.91 Å². The topological polar surface area (TPSA) is 120 Å². The smallest absolute Gasteiger partial charge is 0.261 e. The van der Waals surface area contributed by atoms with Crippen LogP contribution >= 0.6 is 11.3 Å². The summed E-state index contributed by atoms with van der Waals surface area (Å²) in [5, 5.41) is 19.9. The quantitative estimate of drug-likeness (QED) is 0.490. The second-order valence-corrected chi connectivity index (χ2v) is 8.26. The molecule has 8 nitrogen and oxygen atoms in total. The number of nitrogens with two attached hydrogens (primary N) is 1. The predicted octanol–water partition coefficient (Wildman–Crippen LogP) is 2.79. The number of hydrogen-bond donors (Lipinski definition) is 3. The molecule has 0 radical (unpaired) electrons. The summed E-state index contributed by atoms with van der Waals surface area (Å²) in [6.07, 6.45) is 1.27. The number of carbonyl (C=O) groups is 1. The van der Waals surface area contributed by atoms with Crippen molar-refractivity contribution in [3.05, 3.63) is 52.5 Å². The molecule has 3 aromatic rings. The van der Waals surface area contributed by atoms with Gasteiger partial charge in [-0.2, -0.15) is 10.4 Å². The van der Waals surface area contributed by atoms with Gasteiger partial charge in [-0.1, -0.05) is 30.3 Å². The van der Waals surface area contributed by atoms with E-state index in [1.165, 1.54) is 11.3 Å². The van der Waals surface area contributed by atoms with E-state index in [0.717, 1.165) is 29.2 Å². The third-order valence-corrected chi connectivity index (χ3v) is 6.38. The van der Waals surface area contributed by atoms with Crippen molar-refractivity contribution in [2.45, 2.75) is 12.8 Å². The van der Waals surface area contributed by atoms with E-state index in [0.29, 0.717) is 48.7 Å². The highest BCUT2D eigenvalue weighted by atomic mass is 32.1. The highest BCUT2D eigenvalue weighted by molar-refractivity contribution is 7.18. The molecule has 0 atom stereocenters. The first-order chi connectivity index (χ1) is 15.2. The highest BCUT2D eigenvalue weighted by Gasteiger charge is 2.21. The normalized spacial score (nSPS) is 13.7. The van der Waals surface area contributed by atoms with Crippen molar-refractivity contribution < 1.29 is 9.53 Å². The second-order valence-electron chi connectivity index (χ2n) is 7.23. The molecule has 0 bridgehead atoms. The Balaban J connectivity index is 1.44. The van der Waals surface area contributed by atoms with Crippen molar-refractivity contribution in [2.24, 2.45) is 0 Å². The van der Waals surface area contributed by atoms with Gasteiger partial charge in [0.15, 0.2) is 5.82 Å². The van der Waals surface area contributed by atoms with E-state index in [2.05, 4.69) is 38.6 Å². The summed E-state index contributed by atoms with van der Waals surface area (Å²) in [5.41, 5.74) is 8.91. The molecule has 1 aliphatic rings. The maximum absolute atomic E-state index is 12.8. The fourth-order valence-corrected chi connectivity index (χ4v) is 4.72. The number of morpholine rings is 1. The van der Waals surface area contributed by atoms with Crippen LogP contribution in [-0.2, 0) is 11.2 Å². The van der Waals surface area contributed by atoms with Crippen LogP contribution in [0.3, 0.4) is 0 Å². The van der Waals surface area contributed by atoms with Gasteiger partial charge < -0.3 is 20.7 Å². The molecule has 1 fully saturated rings. The van der Waals surface area contributed by atoms with Gasteiger partial charge in [-0.05, 0) is 24.5 Å². The molecule has 0 unspecified atom stereocenters. The number of rotatable bonds is 7. The largest absolute Gasteiger partial charge is 0.381 e. The molecule has 1 aromatic carbocycles. The third-order valence-electron chi connectivity index (χ3n) is 5.19. The molecule has 31 heavy (non-hydrogen) atoms. The van der Waals surface area contributed by atoms with Gasteiger partial charge in [-0.25, -0.2) is 0 Å². The highest BCUT2D eigenvalue weighted by Crippen LogP contribution is 2.39. The van der Waals surface area contributed by atoms with Crippen LogP contribution in [0.1, 0.15) is 27.3 Å². The number of nitrogen functional groups attached to an aromatic ring is 1. The number of aromatic amines is 1. The monoisotopic (exact) mass is 436 g/mol. The van der Waals surface area contributed by atoms with Crippen molar-refractivity contribution in [1.29, 1.82) is 5.26 Å². The molecular formula is C22H24N6O2S. The first kappa shape index (κ1) is 20.9. The number of H-pyrrole nitrogens is 1. The minimum absolute atomic E-state index is 0.0914. The van der Waals surface area contributed by atoms with E-state index >= 15 is 0 Å². The zero-order valence-corrected chi connectivity index (χ0v) is 17.9. The Morgan fingerprint density at radius 1 is 1.32 bits per heavy atom. The lowest BCUT2D eigenvalue weighted by Gasteiger charge is -2.28. The molecule has 1 aliphatic heterocycles. The summed E-state index contributed by atoms with van der Waals surface area (Å²) in [6.45, 7) is 3.51. The number of hydrogen-bond acceptors (Lipinski definition) is 7. The van der Waals surface area contributed by atoms with Crippen LogP contribution in [-0.4, -0.2) is 49.0 Å². The van der Waals surface area contributed by atoms with Crippen molar-refractivity contribution in [2.75, 3.05) is 43.5 Å². The number of aromatic nitrogens is 2. The number of amides is 1. The van der Waals surface area contributed by atoms with Crippen molar-refractivity contribution in [1.82, 2.24) is 15.5 Å². The Bertz CT molecular complexity index is 1080. The standard InChI is InChI=1S/C22H24N6O2S/c23-14-17-18(26-27-20(17)24)7-4-8-25-21(29)19-13-16(15-5-2-1-3-6-15)22(31-19)28-9-11-30-12-10-28/h1-3,5-6,13H,4,7-12H2,(H,25,29)(H3,24,26,27). The molecule has 2 aromatic heterocycles. The molecule has 4 N–H and O–H groups in total. The minimum atomic E-state index is -0.0914. The van der Waals surface area contributed by atoms with E-state index in [1.54, 1.807) is 0 Å². The minimum Gasteiger partial charge on any atom is -0.381 e.